The smallest absolute Gasteiger partial charge is 0.123 e. The Morgan fingerprint density at radius 1 is 1.28 bits per heavy atom. The van der Waals surface area contributed by atoms with E-state index in [1.54, 1.807) is 11.3 Å². The highest BCUT2D eigenvalue weighted by molar-refractivity contribution is 9.13. The van der Waals surface area contributed by atoms with Crippen LogP contribution < -0.4 is 5.32 Å². The fourth-order valence-electron chi connectivity index (χ4n) is 1.54. The van der Waals surface area contributed by atoms with Gasteiger partial charge in [0.2, 0.25) is 0 Å². The number of aromatic nitrogens is 1. The van der Waals surface area contributed by atoms with Crippen LogP contribution in [0.1, 0.15) is 18.2 Å². The first-order valence-electron chi connectivity index (χ1n) is 5.81. The van der Waals surface area contributed by atoms with Crippen LogP contribution in [-0.4, -0.2) is 11.5 Å². The first-order valence-corrected chi connectivity index (χ1v) is 8.21. The van der Waals surface area contributed by atoms with Gasteiger partial charge in [0.15, 0.2) is 0 Å². The molecule has 0 fully saturated rings. The second-order valence-electron chi connectivity index (χ2n) is 3.94. The summed E-state index contributed by atoms with van der Waals surface area (Å²) in [5.74, 6) is 0. The molecule has 0 saturated heterocycles. The van der Waals surface area contributed by atoms with Crippen molar-refractivity contribution in [3.63, 3.8) is 0 Å². The lowest BCUT2D eigenvalue weighted by Crippen LogP contribution is -2.12. The summed E-state index contributed by atoms with van der Waals surface area (Å²) >= 11 is 8.74. The SMILES string of the molecule is CCCNCc1cnc(-c2ccc(Br)c(Br)c2)s1. The lowest BCUT2D eigenvalue weighted by atomic mass is 10.2. The second kappa shape index (κ2) is 6.80. The van der Waals surface area contributed by atoms with Crippen LogP contribution >= 0.6 is 43.2 Å². The molecule has 0 spiro atoms. The molecule has 1 aromatic carbocycles. The predicted molar refractivity (Wildman–Crippen MR) is 84.9 cm³/mol. The van der Waals surface area contributed by atoms with Crippen LogP contribution in [0.15, 0.2) is 33.3 Å². The van der Waals surface area contributed by atoms with E-state index in [1.165, 1.54) is 4.88 Å². The zero-order valence-electron chi connectivity index (χ0n) is 10.0. The third kappa shape index (κ3) is 3.63. The molecular weight excluding hydrogens is 376 g/mol. The average molecular weight is 390 g/mol. The van der Waals surface area contributed by atoms with E-state index >= 15 is 0 Å². The van der Waals surface area contributed by atoms with E-state index in [2.05, 4.69) is 61.2 Å². The van der Waals surface area contributed by atoms with E-state index in [0.29, 0.717) is 0 Å². The van der Waals surface area contributed by atoms with Crippen LogP contribution in [0.5, 0.6) is 0 Å². The molecule has 18 heavy (non-hydrogen) atoms. The molecule has 2 nitrogen and oxygen atoms in total. The monoisotopic (exact) mass is 388 g/mol. The van der Waals surface area contributed by atoms with Crippen molar-refractivity contribution in [3.05, 3.63) is 38.2 Å². The maximum absolute atomic E-state index is 4.48. The summed E-state index contributed by atoms with van der Waals surface area (Å²) < 4.78 is 2.12. The molecule has 0 unspecified atom stereocenters. The van der Waals surface area contributed by atoms with E-state index in [0.717, 1.165) is 39.0 Å². The minimum atomic E-state index is 0.906. The average Bonchev–Trinajstić information content (AvgIpc) is 2.82. The van der Waals surface area contributed by atoms with Crippen molar-refractivity contribution >= 4 is 43.2 Å². The molecule has 0 saturated carbocycles. The lowest BCUT2D eigenvalue weighted by molar-refractivity contribution is 0.681. The van der Waals surface area contributed by atoms with Gasteiger partial charge in [-0.3, -0.25) is 0 Å². The lowest BCUT2D eigenvalue weighted by Gasteiger charge is -2.00. The van der Waals surface area contributed by atoms with Gasteiger partial charge in [0, 0.05) is 32.1 Å². The predicted octanol–water partition coefficient (Wildman–Crippen LogP) is 4.83. The molecule has 0 bridgehead atoms. The fraction of sp³-hybridized carbons (Fsp3) is 0.308. The maximum Gasteiger partial charge on any atom is 0.123 e. The Morgan fingerprint density at radius 2 is 2.11 bits per heavy atom. The molecule has 2 rings (SSSR count). The summed E-state index contributed by atoms with van der Waals surface area (Å²) in [5, 5.41) is 4.46. The molecule has 0 amide bonds. The molecular formula is C13H14Br2N2S. The number of hydrogen-bond acceptors (Lipinski definition) is 3. The molecule has 1 N–H and O–H groups in total. The summed E-state index contributed by atoms with van der Waals surface area (Å²) in [7, 11) is 0. The zero-order chi connectivity index (χ0) is 13.0. The van der Waals surface area contributed by atoms with Crippen molar-refractivity contribution in [2.75, 3.05) is 6.54 Å². The molecule has 1 aromatic heterocycles. The third-order valence-electron chi connectivity index (χ3n) is 2.45. The summed E-state index contributed by atoms with van der Waals surface area (Å²) in [4.78, 5) is 5.75. The first-order chi connectivity index (χ1) is 8.70. The summed E-state index contributed by atoms with van der Waals surface area (Å²) in [6.07, 6.45) is 3.12. The van der Waals surface area contributed by atoms with Crippen LogP contribution in [0.4, 0.5) is 0 Å². The van der Waals surface area contributed by atoms with E-state index < -0.39 is 0 Å². The first kappa shape index (κ1) is 14.2. The van der Waals surface area contributed by atoms with Crippen LogP contribution in [0.2, 0.25) is 0 Å². The van der Waals surface area contributed by atoms with Gasteiger partial charge in [-0.05, 0) is 57.0 Å². The largest absolute Gasteiger partial charge is 0.312 e. The number of hydrogen-bond donors (Lipinski definition) is 1. The van der Waals surface area contributed by atoms with Crippen LogP contribution in [0.3, 0.4) is 0 Å². The van der Waals surface area contributed by atoms with E-state index in [9.17, 15) is 0 Å². The molecule has 1 heterocycles. The van der Waals surface area contributed by atoms with E-state index in [-0.39, 0.29) is 0 Å². The van der Waals surface area contributed by atoms with Gasteiger partial charge in [-0.1, -0.05) is 13.0 Å². The molecule has 0 atom stereocenters. The summed E-state index contributed by atoms with van der Waals surface area (Å²) in [6, 6.07) is 6.21. The number of benzene rings is 1. The van der Waals surface area contributed by atoms with Gasteiger partial charge in [-0.25, -0.2) is 4.98 Å². The highest BCUT2D eigenvalue weighted by atomic mass is 79.9. The highest BCUT2D eigenvalue weighted by Gasteiger charge is 2.06. The minimum Gasteiger partial charge on any atom is -0.312 e. The topological polar surface area (TPSA) is 24.9 Å². The van der Waals surface area contributed by atoms with Gasteiger partial charge in [0.1, 0.15) is 5.01 Å². The molecule has 2 aromatic rings. The number of rotatable bonds is 5. The van der Waals surface area contributed by atoms with Gasteiger partial charge >= 0.3 is 0 Å². The third-order valence-corrected chi connectivity index (χ3v) is 5.37. The molecule has 5 heteroatoms. The van der Waals surface area contributed by atoms with Crippen molar-refractivity contribution in [1.82, 2.24) is 10.3 Å². The Hall–Kier alpha value is -0.230. The minimum absolute atomic E-state index is 0.906. The van der Waals surface area contributed by atoms with Gasteiger partial charge in [0.05, 0.1) is 0 Å². The van der Waals surface area contributed by atoms with E-state index in [4.69, 9.17) is 0 Å². The van der Waals surface area contributed by atoms with Gasteiger partial charge in [0.25, 0.3) is 0 Å². The number of nitrogens with one attached hydrogen (secondary N) is 1. The Morgan fingerprint density at radius 3 is 2.83 bits per heavy atom. The summed E-state index contributed by atoms with van der Waals surface area (Å²) in [5.41, 5.74) is 1.15. The zero-order valence-corrected chi connectivity index (χ0v) is 14.0. The van der Waals surface area contributed by atoms with Crippen molar-refractivity contribution in [3.8, 4) is 10.6 Å². The van der Waals surface area contributed by atoms with Crippen molar-refractivity contribution in [1.29, 1.82) is 0 Å². The molecule has 0 aliphatic rings. The fourth-order valence-corrected chi connectivity index (χ4v) is 3.04. The molecule has 96 valence electrons. The Labute approximate surface area is 128 Å². The van der Waals surface area contributed by atoms with Crippen LogP contribution in [0.25, 0.3) is 10.6 Å². The molecule has 0 radical (unpaired) electrons. The Bertz CT molecular complexity index is 525. The number of nitrogens with zero attached hydrogens (tertiary/aromatic N) is 1. The highest BCUT2D eigenvalue weighted by Crippen LogP contribution is 2.31. The molecule has 0 aliphatic heterocycles. The summed E-state index contributed by atoms with van der Waals surface area (Å²) in [6.45, 7) is 4.13. The quantitative estimate of drug-likeness (QED) is 0.740. The second-order valence-corrected chi connectivity index (χ2v) is 6.76. The van der Waals surface area contributed by atoms with Crippen molar-refractivity contribution < 1.29 is 0 Å². The number of halogens is 2. The van der Waals surface area contributed by atoms with Crippen molar-refractivity contribution in [2.24, 2.45) is 0 Å². The van der Waals surface area contributed by atoms with Gasteiger partial charge < -0.3 is 5.32 Å². The normalized spacial score (nSPS) is 10.8. The van der Waals surface area contributed by atoms with E-state index in [1.807, 2.05) is 12.3 Å². The van der Waals surface area contributed by atoms with Crippen LogP contribution in [0, 0.1) is 0 Å². The van der Waals surface area contributed by atoms with Gasteiger partial charge in [-0.2, -0.15) is 0 Å². The standard InChI is InChI=1S/C13H14Br2N2S/c1-2-5-16-7-10-8-17-13(18-10)9-3-4-11(14)12(15)6-9/h3-4,6,8,16H,2,5,7H2,1H3. The Balaban J connectivity index is 2.11. The van der Waals surface area contributed by atoms with Crippen molar-refractivity contribution in [2.45, 2.75) is 19.9 Å². The maximum atomic E-state index is 4.48. The van der Waals surface area contributed by atoms with Gasteiger partial charge in [-0.15, -0.1) is 11.3 Å². The molecule has 0 aliphatic carbocycles. The number of thiazole rings is 1. The Kier molecular flexibility index (Phi) is 5.36. The van der Waals surface area contributed by atoms with Crippen LogP contribution in [-0.2, 0) is 6.54 Å².